The highest BCUT2D eigenvalue weighted by molar-refractivity contribution is 5.41. The van der Waals surface area contributed by atoms with E-state index < -0.39 is 0 Å². The van der Waals surface area contributed by atoms with Crippen LogP contribution in [0.5, 0.6) is 5.75 Å². The van der Waals surface area contributed by atoms with Gasteiger partial charge in [-0.3, -0.25) is 0 Å². The van der Waals surface area contributed by atoms with Gasteiger partial charge in [0.25, 0.3) is 0 Å². The van der Waals surface area contributed by atoms with Gasteiger partial charge in [-0.15, -0.1) is 0 Å². The average molecular weight is 262 g/mol. The van der Waals surface area contributed by atoms with Crippen LogP contribution < -0.4 is 4.74 Å². The fourth-order valence-corrected chi connectivity index (χ4v) is 2.47. The van der Waals surface area contributed by atoms with Crippen LogP contribution in [0, 0.1) is 11.3 Å². The van der Waals surface area contributed by atoms with E-state index in [0.717, 1.165) is 24.2 Å². The molecule has 1 N–H and O–H groups in total. The highest BCUT2D eigenvalue weighted by Crippen LogP contribution is 2.36. The van der Waals surface area contributed by atoms with Gasteiger partial charge in [-0.05, 0) is 47.9 Å². The largest absolute Gasteiger partial charge is 0.490 e. The predicted octanol–water partition coefficient (Wildman–Crippen LogP) is 4.12. The van der Waals surface area contributed by atoms with Crippen LogP contribution in [0.25, 0.3) is 0 Å². The first-order valence-electron chi connectivity index (χ1n) is 7.25. The SMILES string of the molecule is CC1Cc2cc(C(O)CC(C)C(C)(C)C)ccc2O1. The maximum Gasteiger partial charge on any atom is 0.123 e. The smallest absolute Gasteiger partial charge is 0.123 e. The predicted molar refractivity (Wildman–Crippen MR) is 78.4 cm³/mol. The summed E-state index contributed by atoms with van der Waals surface area (Å²) in [6, 6.07) is 6.11. The highest BCUT2D eigenvalue weighted by atomic mass is 16.5. The summed E-state index contributed by atoms with van der Waals surface area (Å²) in [4.78, 5) is 0. The second-order valence-electron chi connectivity index (χ2n) is 7.02. The van der Waals surface area contributed by atoms with Crippen molar-refractivity contribution >= 4 is 0 Å². The van der Waals surface area contributed by atoms with Crippen LogP contribution in [-0.4, -0.2) is 11.2 Å². The number of aliphatic hydroxyl groups excluding tert-OH is 1. The molecule has 2 heteroatoms. The second kappa shape index (κ2) is 5.16. The summed E-state index contributed by atoms with van der Waals surface area (Å²) in [5.41, 5.74) is 2.48. The molecule has 0 saturated carbocycles. The van der Waals surface area contributed by atoms with Crippen molar-refractivity contribution < 1.29 is 9.84 Å². The number of ether oxygens (including phenoxy) is 1. The van der Waals surface area contributed by atoms with Gasteiger partial charge in [0.15, 0.2) is 0 Å². The monoisotopic (exact) mass is 262 g/mol. The summed E-state index contributed by atoms with van der Waals surface area (Å²) in [5.74, 6) is 1.46. The Morgan fingerprint density at radius 2 is 2.05 bits per heavy atom. The molecule has 1 aromatic rings. The first-order chi connectivity index (χ1) is 8.77. The molecule has 0 spiro atoms. The van der Waals surface area contributed by atoms with Crippen LogP contribution in [0.2, 0.25) is 0 Å². The lowest BCUT2D eigenvalue weighted by molar-refractivity contribution is 0.111. The summed E-state index contributed by atoms with van der Waals surface area (Å²) in [5, 5.41) is 10.4. The van der Waals surface area contributed by atoms with Gasteiger partial charge >= 0.3 is 0 Å². The van der Waals surface area contributed by atoms with Crippen molar-refractivity contribution in [2.75, 3.05) is 0 Å². The van der Waals surface area contributed by atoms with Crippen molar-refractivity contribution in [1.29, 1.82) is 0 Å². The molecule has 1 heterocycles. The lowest BCUT2D eigenvalue weighted by Crippen LogP contribution is -2.19. The van der Waals surface area contributed by atoms with Crippen LogP contribution >= 0.6 is 0 Å². The van der Waals surface area contributed by atoms with Crippen molar-refractivity contribution in [3.8, 4) is 5.75 Å². The Balaban J connectivity index is 2.09. The number of hydrogen-bond acceptors (Lipinski definition) is 2. The molecule has 0 saturated heterocycles. The zero-order chi connectivity index (χ0) is 14.2. The third kappa shape index (κ3) is 3.30. The molecule has 1 aliphatic heterocycles. The van der Waals surface area contributed by atoms with Gasteiger partial charge in [-0.25, -0.2) is 0 Å². The van der Waals surface area contributed by atoms with Gasteiger partial charge in [0.05, 0.1) is 6.10 Å². The number of rotatable bonds is 3. The first-order valence-corrected chi connectivity index (χ1v) is 7.25. The van der Waals surface area contributed by atoms with Crippen molar-refractivity contribution in [2.24, 2.45) is 11.3 Å². The fourth-order valence-electron chi connectivity index (χ4n) is 2.47. The van der Waals surface area contributed by atoms with Gasteiger partial charge in [0.1, 0.15) is 11.9 Å². The molecule has 1 aliphatic rings. The van der Waals surface area contributed by atoms with Gasteiger partial charge in [0.2, 0.25) is 0 Å². The molecule has 3 unspecified atom stereocenters. The number of aliphatic hydroxyl groups is 1. The molecule has 0 aliphatic carbocycles. The fraction of sp³-hybridized carbons (Fsp3) is 0.647. The average Bonchev–Trinajstić information content (AvgIpc) is 2.66. The van der Waals surface area contributed by atoms with E-state index in [1.807, 2.05) is 12.1 Å². The van der Waals surface area contributed by atoms with Crippen molar-refractivity contribution in [1.82, 2.24) is 0 Å². The van der Waals surface area contributed by atoms with E-state index in [4.69, 9.17) is 4.74 Å². The zero-order valence-corrected chi connectivity index (χ0v) is 12.7. The Bertz CT molecular complexity index is 445. The molecule has 0 radical (unpaired) electrons. The Kier molecular flexibility index (Phi) is 3.91. The van der Waals surface area contributed by atoms with E-state index in [-0.39, 0.29) is 17.6 Å². The minimum Gasteiger partial charge on any atom is -0.490 e. The Morgan fingerprint density at radius 3 is 2.68 bits per heavy atom. The van der Waals surface area contributed by atoms with Crippen molar-refractivity contribution in [3.63, 3.8) is 0 Å². The number of fused-ring (bicyclic) bond motifs is 1. The Morgan fingerprint density at radius 1 is 1.37 bits per heavy atom. The van der Waals surface area contributed by atoms with E-state index in [1.165, 1.54) is 5.56 Å². The van der Waals surface area contributed by atoms with Gasteiger partial charge in [-0.2, -0.15) is 0 Å². The first kappa shape index (κ1) is 14.4. The molecule has 2 nitrogen and oxygen atoms in total. The topological polar surface area (TPSA) is 29.5 Å². The van der Waals surface area contributed by atoms with E-state index in [2.05, 4.69) is 40.7 Å². The van der Waals surface area contributed by atoms with E-state index in [1.54, 1.807) is 0 Å². The molecular weight excluding hydrogens is 236 g/mol. The summed E-state index contributed by atoms with van der Waals surface area (Å²) >= 11 is 0. The number of benzene rings is 1. The third-order valence-corrected chi connectivity index (χ3v) is 4.36. The van der Waals surface area contributed by atoms with Crippen LogP contribution in [0.1, 0.15) is 58.3 Å². The molecule has 3 atom stereocenters. The molecular formula is C17H26O2. The quantitative estimate of drug-likeness (QED) is 0.888. The molecule has 1 aromatic carbocycles. The van der Waals surface area contributed by atoms with Gasteiger partial charge < -0.3 is 9.84 Å². The third-order valence-electron chi connectivity index (χ3n) is 4.36. The van der Waals surface area contributed by atoms with E-state index >= 15 is 0 Å². The van der Waals surface area contributed by atoms with E-state index in [0.29, 0.717) is 5.92 Å². The van der Waals surface area contributed by atoms with Crippen LogP contribution in [0.3, 0.4) is 0 Å². The second-order valence-corrected chi connectivity index (χ2v) is 7.02. The van der Waals surface area contributed by atoms with Crippen LogP contribution in [0.4, 0.5) is 0 Å². The Hall–Kier alpha value is -1.02. The van der Waals surface area contributed by atoms with Crippen LogP contribution in [-0.2, 0) is 6.42 Å². The Labute approximate surface area is 116 Å². The van der Waals surface area contributed by atoms with E-state index in [9.17, 15) is 5.11 Å². The highest BCUT2D eigenvalue weighted by Gasteiger charge is 2.25. The van der Waals surface area contributed by atoms with Crippen molar-refractivity contribution in [2.45, 2.75) is 59.7 Å². The molecule has 0 aromatic heterocycles. The number of hydrogen-bond donors (Lipinski definition) is 1. The molecule has 0 amide bonds. The van der Waals surface area contributed by atoms with Gasteiger partial charge in [-0.1, -0.05) is 33.8 Å². The molecule has 2 rings (SSSR count). The minimum atomic E-state index is -0.379. The van der Waals surface area contributed by atoms with Crippen molar-refractivity contribution in [3.05, 3.63) is 29.3 Å². The van der Waals surface area contributed by atoms with Gasteiger partial charge in [0, 0.05) is 6.42 Å². The van der Waals surface area contributed by atoms with Crippen LogP contribution in [0.15, 0.2) is 18.2 Å². The lowest BCUT2D eigenvalue weighted by atomic mass is 9.78. The maximum absolute atomic E-state index is 10.4. The molecule has 106 valence electrons. The molecule has 0 bridgehead atoms. The zero-order valence-electron chi connectivity index (χ0n) is 12.7. The molecule has 19 heavy (non-hydrogen) atoms. The summed E-state index contributed by atoms with van der Waals surface area (Å²) in [6.45, 7) is 11.0. The summed E-state index contributed by atoms with van der Waals surface area (Å²) in [6.07, 6.45) is 1.63. The summed E-state index contributed by atoms with van der Waals surface area (Å²) < 4.78 is 5.70. The molecule has 0 fully saturated rings. The lowest BCUT2D eigenvalue weighted by Gasteiger charge is -2.29. The maximum atomic E-state index is 10.4. The minimum absolute atomic E-state index is 0.231. The summed E-state index contributed by atoms with van der Waals surface area (Å²) in [7, 11) is 0. The normalized spacial score (nSPS) is 21.7. The standard InChI is InChI=1S/C17H26O2/c1-11(17(3,4)5)8-15(18)13-6-7-16-14(10-13)9-12(2)19-16/h6-7,10-12,15,18H,8-9H2,1-5H3.